The van der Waals surface area contributed by atoms with Gasteiger partial charge in [-0.25, -0.2) is 4.79 Å². The van der Waals surface area contributed by atoms with Gasteiger partial charge in [-0.05, 0) is 26.2 Å². The van der Waals surface area contributed by atoms with Crippen LogP contribution in [0.2, 0.25) is 0 Å². The summed E-state index contributed by atoms with van der Waals surface area (Å²) in [6.07, 6.45) is 2.40. The lowest BCUT2D eigenvalue weighted by atomic mass is 9.96. The second-order valence-corrected chi connectivity index (χ2v) is 6.28. The van der Waals surface area contributed by atoms with Crippen molar-refractivity contribution in [2.75, 3.05) is 19.7 Å². The summed E-state index contributed by atoms with van der Waals surface area (Å²) in [5, 5.41) is 2.63. The van der Waals surface area contributed by atoms with E-state index in [0.29, 0.717) is 19.6 Å². The Labute approximate surface area is 126 Å². The summed E-state index contributed by atoms with van der Waals surface area (Å²) < 4.78 is 5.02. The van der Waals surface area contributed by atoms with Gasteiger partial charge >= 0.3 is 5.97 Å². The van der Waals surface area contributed by atoms with E-state index in [1.165, 1.54) is 4.90 Å². The Bertz CT molecular complexity index is 401. The minimum atomic E-state index is -0.539. The topological polar surface area (TPSA) is 75.7 Å². The molecule has 2 amide bonds. The molecule has 21 heavy (non-hydrogen) atoms. The Balaban J connectivity index is 2.61. The first kappa shape index (κ1) is 17.5. The number of amides is 2. The molecule has 6 nitrogen and oxygen atoms in total. The molecule has 0 aromatic heterocycles. The molecule has 1 saturated heterocycles. The number of piperidine rings is 1. The van der Waals surface area contributed by atoms with Crippen LogP contribution in [-0.4, -0.2) is 48.4 Å². The van der Waals surface area contributed by atoms with Crippen molar-refractivity contribution in [1.29, 1.82) is 0 Å². The van der Waals surface area contributed by atoms with E-state index in [1.807, 2.05) is 0 Å². The highest BCUT2D eigenvalue weighted by Gasteiger charge is 2.33. The highest BCUT2D eigenvalue weighted by atomic mass is 16.5. The molecule has 0 aromatic rings. The number of esters is 1. The number of likely N-dealkylation sites (tertiary alicyclic amines) is 1. The number of nitrogens with zero attached hydrogens (tertiary/aromatic N) is 1. The third kappa shape index (κ3) is 5.02. The van der Waals surface area contributed by atoms with Crippen molar-refractivity contribution in [3.8, 4) is 0 Å². The van der Waals surface area contributed by atoms with Crippen molar-refractivity contribution in [3.63, 3.8) is 0 Å². The van der Waals surface area contributed by atoms with Crippen LogP contribution in [0.5, 0.6) is 0 Å². The van der Waals surface area contributed by atoms with Crippen LogP contribution < -0.4 is 5.32 Å². The van der Waals surface area contributed by atoms with Gasteiger partial charge in [0.15, 0.2) is 0 Å². The first-order chi connectivity index (χ1) is 9.77. The Kier molecular flexibility index (Phi) is 6.18. The van der Waals surface area contributed by atoms with Crippen molar-refractivity contribution in [2.45, 2.75) is 53.0 Å². The molecule has 1 rings (SSSR count). The van der Waals surface area contributed by atoms with Gasteiger partial charge in [-0.1, -0.05) is 20.8 Å². The van der Waals surface area contributed by atoms with E-state index in [4.69, 9.17) is 4.74 Å². The normalized spacial score (nSPS) is 19.0. The van der Waals surface area contributed by atoms with Crippen LogP contribution in [0.1, 0.15) is 47.0 Å². The van der Waals surface area contributed by atoms with Crippen LogP contribution in [0.15, 0.2) is 0 Å². The SMILES string of the molecule is CCOC(=O)C1CCCCN1C(=O)CNC(=O)C(C)(C)C. The first-order valence-electron chi connectivity index (χ1n) is 7.51. The van der Waals surface area contributed by atoms with Gasteiger partial charge in [0.2, 0.25) is 11.8 Å². The number of nitrogens with one attached hydrogen (secondary N) is 1. The van der Waals surface area contributed by atoms with Crippen LogP contribution in [0, 0.1) is 5.41 Å². The Morgan fingerprint density at radius 2 is 1.90 bits per heavy atom. The van der Waals surface area contributed by atoms with E-state index in [-0.39, 0.29) is 24.3 Å². The molecule has 0 bridgehead atoms. The van der Waals surface area contributed by atoms with Gasteiger partial charge < -0.3 is 15.0 Å². The molecule has 0 radical (unpaired) electrons. The molecule has 0 spiro atoms. The fourth-order valence-electron chi connectivity index (χ4n) is 2.24. The average molecular weight is 298 g/mol. The van der Waals surface area contributed by atoms with E-state index < -0.39 is 11.5 Å². The lowest BCUT2D eigenvalue weighted by Crippen LogP contribution is -2.52. The van der Waals surface area contributed by atoms with E-state index in [1.54, 1.807) is 27.7 Å². The standard InChI is InChI=1S/C15H26N2O4/c1-5-21-13(19)11-8-6-7-9-17(11)12(18)10-16-14(20)15(2,3)4/h11H,5-10H2,1-4H3,(H,16,20). The van der Waals surface area contributed by atoms with Crippen molar-refractivity contribution >= 4 is 17.8 Å². The number of ether oxygens (including phenoxy) is 1. The highest BCUT2D eigenvalue weighted by Crippen LogP contribution is 2.18. The third-order valence-corrected chi connectivity index (χ3v) is 3.46. The molecule has 120 valence electrons. The Morgan fingerprint density at radius 3 is 2.48 bits per heavy atom. The summed E-state index contributed by atoms with van der Waals surface area (Å²) in [6, 6.07) is -0.516. The monoisotopic (exact) mass is 298 g/mol. The summed E-state index contributed by atoms with van der Waals surface area (Å²) in [5.41, 5.74) is -0.539. The molecule has 1 unspecified atom stereocenters. The average Bonchev–Trinajstić information content (AvgIpc) is 2.43. The van der Waals surface area contributed by atoms with Gasteiger partial charge in [0.1, 0.15) is 6.04 Å². The second-order valence-electron chi connectivity index (χ2n) is 6.28. The van der Waals surface area contributed by atoms with Gasteiger partial charge in [-0.3, -0.25) is 9.59 Å². The number of hydrogen-bond donors (Lipinski definition) is 1. The predicted molar refractivity (Wildman–Crippen MR) is 78.4 cm³/mol. The molecule has 1 aliphatic rings. The van der Waals surface area contributed by atoms with Gasteiger partial charge in [-0.15, -0.1) is 0 Å². The van der Waals surface area contributed by atoms with Crippen molar-refractivity contribution < 1.29 is 19.1 Å². The summed E-state index contributed by atoms with van der Waals surface area (Å²) in [5.74, 6) is -0.765. The van der Waals surface area contributed by atoms with Gasteiger partial charge in [0, 0.05) is 12.0 Å². The van der Waals surface area contributed by atoms with Crippen LogP contribution >= 0.6 is 0 Å². The summed E-state index contributed by atoms with van der Waals surface area (Å²) in [6.45, 7) is 7.87. The molecule has 1 aliphatic heterocycles. The minimum Gasteiger partial charge on any atom is -0.464 e. The minimum absolute atomic E-state index is 0.0774. The van der Waals surface area contributed by atoms with Crippen molar-refractivity contribution in [3.05, 3.63) is 0 Å². The summed E-state index contributed by atoms with van der Waals surface area (Å²) >= 11 is 0. The van der Waals surface area contributed by atoms with Crippen LogP contribution in [-0.2, 0) is 19.1 Å². The first-order valence-corrected chi connectivity index (χ1v) is 7.51. The van der Waals surface area contributed by atoms with Crippen molar-refractivity contribution in [2.24, 2.45) is 5.41 Å². The smallest absolute Gasteiger partial charge is 0.328 e. The number of hydrogen-bond acceptors (Lipinski definition) is 4. The number of rotatable bonds is 4. The quantitative estimate of drug-likeness (QED) is 0.788. The third-order valence-electron chi connectivity index (χ3n) is 3.46. The van der Waals surface area contributed by atoms with Gasteiger partial charge in [0.05, 0.1) is 13.2 Å². The maximum absolute atomic E-state index is 12.3. The maximum Gasteiger partial charge on any atom is 0.328 e. The summed E-state index contributed by atoms with van der Waals surface area (Å²) in [7, 11) is 0. The Hall–Kier alpha value is -1.59. The molecular weight excluding hydrogens is 272 g/mol. The van der Waals surface area contributed by atoms with E-state index in [9.17, 15) is 14.4 Å². The molecule has 1 atom stereocenters. The zero-order chi connectivity index (χ0) is 16.0. The lowest BCUT2D eigenvalue weighted by molar-refractivity contribution is -0.156. The van der Waals surface area contributed by atoms with Crippen LogP contribution in [0.25, 0.3) is 0 Å². The fourth-order valence-corrected chi connectivity index (χ4v) is 2.24. The van der Waals surface area contributed by atoms with E-state index in [0.717, 1.165) is 12.8 Å². The molecular formula is C15H26N2O4. The molecule has 0 aliphatic carbocycles. The van der Waals surface area contributed by atoms with Crippen LogP contribution in [0.4, 0.5) is 0 Å². The molecule has 1 heterocycles. The molecule has 0 aromatic carbocycles. The number of carbonyl (C=O) groups excluding carboxylic acids is 3. The zero-order valence-electron chi connectivity index (χ0n) is 13.4. The molecule has 1 N–H and O–H groups in total. The van der Waals surface area contributed by atoms with Crippen molar-refractivity contribution in [1.82, 2.24) is 10.2 Å². The van der Waals surface area contributed by atoms with E-state index >= 15 is 0 Å². The zero-order valence-corrected chi connectivity index (χ0v) is 13.4. The number of carbonyl (C=O) groups is 3. The molecule has 1 fully saturated rings. The molecule has 6 heteroatoms. The second kappa shape index (κ2) is 7.43. The fraction of sp³-hybridized carbons (Fsp3) is 0.800. The Morgan fingerprint density at radius 1 is 1.24 bits per heavy atom. The van der Waals surface area contributed by atoms with E-state index in [2.05, 4.69) is 5.32 Å². The van der Waals surface area contributed by atoms with Gasteiger partial charge in [-0.2, -0.15) is 0 Å². The van der Waals surface area contributed by atoms with Gasteiger partial charge in [0.25, 0.3) is 0 Å². The largest absolute Gasteiger partial charge is 0.464 e. The highest BCUT2D eigenvalue weighted by molar-refractivity contribution is 5.89. The van der Waals surface area contributed by atoms with Crippen LogP contribution in [0.3, 0.4) is 0 Å². The lowest BCUT2D eigenvalue weighted by Gasteiger charge is -2.34. The summed E-state index contributed by atoms with van der Waals surface area (Å²) in [4.78, 5) is 37.5. The maximum atomic E-state index is 12.3. The molecule has 0 saturated carbocycles. The predicted octanol–water partition coefficient (Wildman–Crippen LogP) is 1.09.